The van der Waals surface area contributed by atoms with Crippen molar-refractivity contribution in [1.82, 2.24) is 0 Å². The van der Waals surface area contributed by atoms with Crippen LogP contribution < -0.4 is 4.74 Å². The van der Waals surface area contributed by atoms with Crippen LogP contribution in [0.5, 0.6) is 5.75 Å². The van der Waals surface area contributed by atoms with E-state index in [0.29, 0.717) is 117 Å². The topological polar surface area (TPSA) is 153 Å². The van der Waals surface area contributed by atoms with Gasteiger partial charge in [-0.05, 0) is 64.1 Å². The van der Waals surface area contributed by atoms with E-state index in [0.717, 1.165) is 5.56 Å². The monoisotopic (exact) mass is 744 g/mol. The van der Waals surface area contributed by atoms with Crippen LogP contribution in [0.4, 0.5) is 0 Å². The van der Waals surface area contributed by atoms with Gasteiger partial charge in [0.1, 0.15) is 18.0 Å². The molecule has 0 atom stereocenters. The van der Waals surface area contributed by atoms with Gasteiger partial charge in [-0.2, -0.15) is 8.42 Å². The van der Waals surface area contributed by atoms with Crippen LogP contribution in [-0.4, -0.2) is 139 Å². The van der Waals surface area contributed by atoms with Gasteiger partial charge in [-0.3, -0.25) is 4.18 Å². The van der Waals surface area contributed by atoms with Crippen LogP contribution in [0.15, 0.2) is 53.4 Å². The highest BCUT2D eigenvalue weighted by molar-refractivity contribution is 7.86. The van der Waals surface area contributed by atoms with Crippen molar-refractivity contribution in [2.75, 3.05) is 119 Å². The summed E-state index contributed by atoms with van der Waals surface area (Å²) >= 11 is 0. The van der Waals surface area contributed by atoms with E-state index >= 15 is 0 Å². The van der Waals surface area contributed by atoms with Gasteiger partial charge in [0, 0.05) is 0 Å². The molecule has 0 bridgehead atoms. The molecule has 0 radical (unpaired) electrons. The molecule has 51 heavy (non-hydrogen) atoms. The molecular weight excluding hydrogens is 688 g/mol. The molecule has 0 heterocycles. The van der Waals surface area contributed by atoms with Crippen molar-refractivity contribution < 1.29 is 64.8 Å². The van der Waals surface area contributed by atoms with Crippen LogP contribution in [0.1, 0.15) is 36.7 Å². The van der Waals surface area contributed by atoms with Crippen LogP contribution in [0.25, 0.3) is 0 Å². The molecule has 15 heteroatoms. The quantitative estimate of drug-likeness (QED) is 0.0624. The molecule has 0 aliphatic rings. The lowest BCUT2D eigenvalue weighted by atomic mass is 10.1. The molecule has 2 rings (SSSR count). The molecule has 0 aromatic heterocycles. The highest BCUT2D eigenvalue weighted by Gasteiger charge is 2.18. The maximum absolute atomic E-state index is 12.1. The Hall–Kier alpha value is -2.70. The molecule has 0 aliphatic carbocycles. The average molecular weight is 745 g/mol. The molecule has 0 unspecified atom stereocenters. The summed E-state index contributed by atoms with van der Waals surface area (Å²) in [6.07, 6.45) is 0. The zero-order chi connectivity index (χ0) is 37.0. The van der Waals surface area contributed by atoms with E-state index in [1.54, 1.807) is 36.4 Å². The molecule has 290 valence electrons. The molecule has 14 nitrogen and oxygen atoms in total. The number of hydrogen-bond donors (Lipinski definition) is 0. The van der Waals surface area contributed by atoms with E-state index in [2.05, 4.69) is 0 Å². The largest absolute Gasteiger partial charge is 0.491 e. The minimum absolute atomic E-state index is 0.0650. The predicted molar refractivity (Wildman–Crippen MR) is 188 cm³/mol. The third kappa shape index (κ3) is 23.5. The van der Waals surface area contributed by atoms with Gasteiger partial charge in [-0.15, -0.1) is 0 Å². The van der Waals surface area contributed by atoms with Gasteiger partial charge in [-0.25, -0.2) is 4.79 Å². The van der Waals surface area contributed by atoms with Crippen LogP contribution in [-0.2, 0) is 56.9 Å². The number of carbonyl (C=O) groups excluding carboxylic acids is 1. The second-order valence-electron chi connectivity index (χ2n) is 11.9. The number of hydrogen-bond acceptors (Lipinski definition) is 14. The number of esters is 1. The zero-order valence-corrected chi connectivity index (χ0v) is 31.3. The fourth-order valence-corrected chi connectivity index (χ4v) is 4.75. The zero-order valence-electron chi connectivity index (χ0n) is 30.5. The van der Waals surface area contributed by atoms with Crippen molar-refractivity contribution in [3.8, 4) is 5.75 Å². The summed E-state index contributed by atoms with van der Waals surface area (Å²) < 4.78 is 83.8. The number of rotatable bonds is 31. The van der Waals surface area contributed by atoms with E-state index in [1.807, 2.05) is 27.7 Å². The Morgan fingerprint density at radius 2 is 0.863 bits per heavy atom. The van der Waals surface area contributed by atoms with Crippen molar-refractivity contribution in [3.63, 3.8) is 0 Å². The van der Waals surface area contributed by atoms with Crippen molar-refractivity contribution in [3.05, 3.63) is 59.7 Å². The standard InChI is InChI=1S/C36H56O14S/c1-31-5-11-34(12-6-31)51(38,39)49-30-28-47-26-24-45-22-20-43-18-16-41-14-13-40-15-17-42-19-21-44-23-25-46-27-29-48-33-9-7-32(8-10-33)35(37)50-36(2,3)4/h5-12H,13-30H2,1-4H3. The third-order valence-corrected chi connectivity index (χ3v) is 7.69. The fraction of sp³-hybridized carbons (Fsp3) is 0.639. The van der Waals surface area contributed by atoms with Gasteiger partial charge in [-0.1, -0.05) is 17.7 Å². The molecule has 0 amide bonds. The van der Waals surface area contributed by atoms with Crippen LogP contribution in [0, 0.1) is 6.92 Å². The summed E-state index contributed by atoms with van der Waals surface area (Å²) in [6, 6.07) is 13.3. The van der Waals surface area contributed by atoms with Gasteiger partial charge in [0.15, 0.2) is 0 Å². The summed E-state index contributed by atoms with van der Waals surface area (Å²) in [6.45, 7) is 14.4. The first-order valence-electron chi connectivity index (χ1n) is 17.1. The normalized spacial score (nSPS) is 11.9. The minimum Gasteiger partial charge on any atom is -0.491 e. The molecule has 0 saturated carbocycles. The number of benzene rings is 2. The highest BCUT2D eigenvalue weighted by Crippen LogP contribution is 2.16. The summed E-state index contributed by atoms with van der Waals surface area (Å²) in [5, 5.41) is 0. The van der Waals surface area contributed by atoms with E-state index in [1.165, 1.54) is 12.1 Å². The van der Waals surface area contributed by atoms with E-state index in [9.17, 15) is 13.2 Å². The van der Waals surface area contributed by atoms with E-state index < -0.39 is 15.7 Å². The Morgan fingerprint density at radius 3 is 1.24 bits per heavy atom. The predicted octanol–water partition coefficient (Wildman–Crippen LogP) is 3.87. The Morgan fingerprint density at radius 1 is 0.510 bits per heavy atom. The maximum Gasteiger partial charge on any atom is 0.338 e. The summed E-state index contributed by atoms with van der Waals surface area (Å²) in [4.78, 5) is 12.2. The lowest BCUT2D eigenvalue weighted by Crippen LogP contribution is -2.23. The molecule has 0 N–H and O–H groups in total. The Bertz CT molecular complexity index is 1260. The Labute approximate surface area is 302 Å². The number of aryl methyl sites for hydroxylation is 1. The average Bonchev–Trinajstić information content (AvgIpc) is 3.09. The summed E-state index contributed by atoms with van der Waals surface area (Å²) in [5.41, 5.74) is 0.911. The Kier molecular flexibility index (Phi) is 23.5. The smallest absolute Gasteiger partial charge is 0.338 e. The second kappa shape index (κ2) is 27.0. The first kappa shape index (κ1) is 44.5. The highest BCUT2D eigenvalue weighted by atomic mass is 32.2. The van der Waals surface area contributed by atoms with Crippen molar-refractivity contribution in [1.29, 1.82) is 0 Å². The maximum atomic E-state index is 12.1. The van der Waals surface area contributed by atoms with Crippen LogP contribution in [0.3, 0.4) is 0 Å². The van der Waals surface area contributed by atoms with E-state index in [4.69, 9.17) is 51.6 Å². The third-order valence-electron chi connectivity index (χ3n) is 6.37. The van der Waals surface area contributed by atoms with Crippen molar-refractivity contribution in [2.24, 2.45) is 0 Å². The van der Waals surface area contributed by atoms with Crippen molar-refractivity contribution in [2.45, 2.75) is 38.2 Å². The Balaban J connectivity index is 1.23. The van der Waals surface area contributed by atoms with Crippen molar-refractivity contribution >= 4 is 16.1 Å². The molecule has 2 aromatic carbocycles. The molecular formula is C36H56O14S. The van der Waals surface area contributed by atoms with Crippen LogP contribution in [0.2, 0.25) is 0 Å². The molecule has 0 aliphatic heterocycles. The first-order chi connectivity index (χ1) is 24.6. The van der Waals surface area contributed by atoms with Gasteiger partial charge >= 0.3 is 5.97 Å². The minimum atomic E-state index is -3.78. The van der Waals surface area contributed by atoms with Gasteiger partial charge in [0.25, 0.3) is 10.1 Å². The van der Waals surface area contributed by atoms with Crippen LogP contribution >= 0.6 is 0 Å². The molecule has 0 saturated heterocycles. The molecule has 2 aromatic rings. The van der Waals surface area contributed by atoms with Gasteiger partial charge < -0.3 is 47.4 Å². The van der Waals surface area contributed by atoms with E-state index in [-0.39, 0.29) is 24.1 Å². The lowest BCUT2D eigenvalue weighted by Gasteiger charge is -2.19. The fourth-order valence-electron chi connectivity index (χ4n) is 3.86. The number of carbonyl (C=O) groups is 1. The number of ether oxygens (including phenoxy) is 10. The summed E-state index contributed by atoms with van der Waals surface area (Å²) in [7, 11) is -3.78. The second-order valence-corrected chi connectivity index (χ2v) is 13.5. The lowest BCUT2D eigenvalue weighted by molar-refractivity contribution is -0.0240. The van der Waals surface area contributed by atoms with Gasteiger partial charge in [0.05, 0.1) is 123 Å². The first-order valence-corrected chi connectivity index (χ1v) is 18.5. The molecule has 0 spiro atoms. The van der Waals surface area contributed by atoms with Gasteiger partial charge in [0.2, 0.25) is 0 Å². The summed E-state index contributed by atoms with van der Waals surface area (Å²) in [5.74, 6) is 0.286. The molecule has 0 fully saturated rings. The SMILES string of the molecule is Cc1ccc(S(=O)(=O)OCCOCCOCCOCCOCCOCCOCCOCCOCCOc2ccc(C(=O)OC(C)(C)C)cc2)cc1.